The van der Waals surface area contributed by atoms with Crippen molar-refractivity contribution < 1.29 is 0 Å². The molecule has 24 heavy (non-hydrogen) atoms. The summed E-state index contributed by atoms with van der Waals surface area (Å²) in [7, 11) is 4.51. The summed E-state index contributed by atoms with van der Waals surface area (Å²) in [6.07, 6.45) is 2.39. The van der Waals surface area contributed by atoms with Crippen LogP contribution in [-0.4, -0.2) is 9.13 Å². The van der Waals surface area contributed by atoms with Crippen LogP contribution in [0.1, 0.15) is 34.4 Å². The summed E-state index contributed by atoms with van der Waals surface area (Å²) in [4.78, 5) is 0. The van der Waals surface area contributed by atoms with Gasteiger partial charge < -0.3 is 9.13 Å². The third-order valence-electron chi connectivity index (χ3n) is 6.56. The number of para-hydroxylation sites is 2. The molecule has 2 aromatic carbocycles. The zero-order chi connectivity index (χ0) is 16.0. The molecule has 4 aromatic rings. The Morgan fingerprint density at radius 3 is 1.54 bits per heavy atom. The summed E-state index contributed by atoms with van der Waals surface area (Å²) in [5.41, 5.74) is 9.14. The van der Waals surface area contributed by atoms with Gasteiger partial charge in [-0.1, -0.05) is 36.4 Å². The number of rotatable bonds is 0. The van der Waals surface area contributed by atoms with Crippen LogP contribution in [0.5, 0.6) is 0 Å². The summed E-state index contributed by atoms with van der Waals surface area (Å²) in [5, 5.41) is 2.93. The molecule has 2 aliphatic rings. The standard InChI is InChI=1S/C22H20N2/c1-23-19-9-5-3-7-13(19)15-11-18-17(21(15)23)12-16-14-8-4-6-10-20(14)24(2)22(16)18/h3-10,17-18H,11-12H2,1-2H3/t17-,18-/m0/s1. The first-order valence-corrected chi connectivity index (χ1v) is 8.88. The molecule has 0 saturated heterocycles. The normalized spacial score (nSPS) is 21.4. The lowest BCUT2D eigenvalue weighted by molar-refractivity contribution is 0.582. The Bertz CT molecular complexity index is 1050. The number of aromatic nitrogens is 2. The quantitative estimate of drug-likeness (QED) is 0.447. The van der Waals surface area contributed by atoms with E-state index in [0.717, 1.165) is 0 Å². The smallest absolute Gasteiger partial charge is 0.0482 e. The molecule has 6 rings (SSSR count). The maximum absolute atomic E-state index is 2.46. The van der Waals surface area contributed by atoms with E-state index in [2.05, 4.69) is 71.8 Å². The predicted molar refractivity (Wildman–Crippen MR) is 98.7 cm³/mol. The Balaban J connectivity index is 1.61. The average molecular weight is 312 g/mol. The third kappa shape index (κ3) is 1.31. The lowest BCUT2D eigenvalue weighted by Crippen LogP contribution is -2.08. The highest BCUT2D eigenvalue weighted by molar-refractivity contribution is 5.90. The second-order valence-electron chi connectivity index (χ2n) is 7.50. The van der Waals surface area contributed by atoms with Crippen molar-refractivity contribution >= 4 is 21.8 Å². The second kappa shape index (κ2) is 4.13. The van der Waals surface area contributed by atoms with Crippen LogP contribution >= 0.6 is 0 Å². The van der Waals surface area contributed by atoms with E-state index in [1.807, 2.05) is 0 Å². The topological polar surface area (TPSA) is 9.86 Å². The van der Waals surface area contributed by atoms with Gasteiger partial charge in [0.05, 0.1) is 0 Å². The zero-order valence-electron chi connectivity index (χ0n) is 14.1. The van der Waals surface area contributed by atoms with Crippen molar-refractivity contribution in [2.75, 3.05) is 0 Å². The Labute approximate surface area is 141 Å². The molecule has 0 bridgehead atoms. The van der Waals surface area contributed by atoms with E-state index >= 15 is 0 Å². The van der Waals surface area contributed by atoms with Gasteiger partial charge in [0, 0.05) is 59.1 Å². The van der Waals surface area contributed by atoms with Crippen molar-refractivity contribution in [3.8, 4) is 0 Å². The lowest BCUT2D eigenvalue weighted by atomic mass is 9.97. The summed E-state index contributed by atoms with van der Waals surface area (Å²) in [6.45, 7) is 0. The Morgan fingerprint density at radius 2 is 1.08 bits per heavy atom. The molecule has 2 aliphatic carbocycles. The minimum Gasteiger partial charge on any atom is -0.347 e. The van der Waals surface area contributed by atoms with Crippen molar-refractivity contribution in [2.24, 2.45) is 14.1 Å². The molecule has 0 radical (unpaired) electrons. The fraction of sp³-hybridized carbons (Fsp3) is 0.273. The third-order valence-corrected chi connectivity index (χ3v) is 6.56. The second-order valence-corrected chi connectivity index (χ2v) is 7.50. The van der Waals surface area contributed by atoms with Gasteiger partial charge in [-0.3, -0.25) is 0 Å². The lowest BCUT2D eigenvalue weighted by Gasteiger charge is -2.16. The fourth-order valence-corrected chi connectivity index (χ4v) is 5.66. The van der Waals surface area contributed by atoms with Crippen LogP contribution in [0.2, 0.25) is 0 Å². The number of hydrogen-bond acceptors (Lipinski definition) is 0. The summed E-state index contributed by atoms with van der Waals surface area (Å²) < 4.78 is 4.92. The minimum absolute atomic E-state index is 0.651. The average Bonchev–Trinajstić information content (AvgIpc) is 3.29. The van der Waals surface area contributed by atoms with E-state index < -0.39 is 0 Å². The van der Waals surface area contributed by atoms with Gasteiger partial charge in [-0.05, 0) is 36.1 Å². The van der Waals surface area contributed by atoms with E-state index in [9.17, 15) is 0 Å². The largest absolute Gasteiger partial charge is 0.347 e. The predicted octanol–water partition coefficient (Wildman–Crippen LogP) is 4.65. The van der Waals surface area contributed by atoms with Crippen LogP contribution in [0.25, 0.3) is 21.8 Å². The van der Waals surface area contributed by atoms with Crippen LogP contribution in [0, 0.1) is 0 Å². The molecule has 0 fully saturated rings. The molecule has 118 valence electrons. The van der Waals surface area contributed by atoms with Crippen LogP contribution in [0.15, 0.2) is 48.5 Å². The number of aryl methyl sites for hydroxylation is 2. The zero-order valence-corrected chi connectivity index (χ0v) is 14.1. The Hall–Kier alpha value is -2.48. The van der Waals surface area contributed by atoms with Crippen LogP contribution in [0.3, 0.4) is 0 Å². The summed E-state index contributed by atoms with van der Waals surface area (Å²) in [6, 6.07) is 17.8. The van der Waals surface area contributed by atoms with Crippen LogP contribution in [0.4, 0.5) is 0 Å². The SMILES string of the molecule is Cn1c2c(c3ccccc31)C[C@@H]1c3c(c4ccccc4n3C)C[C@H]21. The van der Waals surface area contributed by atoms with Gasteiger partial charge in [0.25, 0.3) is 0 Å². The molecule has 0 unspecified atom stereocenters. The van der Waals surface area contributed by atoms with Crippen LogP contribution in [-0.2, 0) is 26.9 Å². The maximum atomic E-state index is 2.46. The number of nitrogens with zero attached hydrogens (tertiary/aromatic N) is 2. The molecular weight excluding hydrogens is 292 g/mol. The molecule has 0 spiro atoms. The first-order valence-electron chi connectivity index (χ1n) is 8.88. The monoisotopic (exact) mass is 312 g/mol. The van der Waals surface area contributed by atoms with Gasteiger partial charge >= 0.3 is 0 Å². The Kier molecular flexibility index (Phi) is 2.22. The highest BCUT2D eigenvalue weighted by atomic mass is 15.0. The highest BCUT2D eigenvalue weighted by Gasteiger charge is 2.45. The van der Waals surface area contributed by atoms with Crippen molar-refractivity contribution in [1.29, 1.82) is 0 Å². The van der Waals surface area contributed by atoms with Crippen molar-refractivity contribution in [2.45, 2.75) is 24.7 Å². The molecule has 0 aliphatic heterocycles. The van der Waals surface area contributed by atoms with Gasteiger partial charge in [-0.15, -0.1) is 0 Å². The molecule has 2 atom stereocenters. The van der Waals surface area contributed by atoms with Gasteiger partial charge in [0.2, 0.25) is 0 Å². The first-order chi connectivity index (χ1) is 11.8. The molecule has 0 N–H and O–H groups in total. The maximum Gasteiger partial charge on any atom is 0.0482 e. The molecule has 2 heteroatoms. The fourth-order valence-electron chi connectivity index (χ4n) is 5.66. The summed E-state index contributed by atoms with van der Waals surface area (Å²) >= 11 is 0. The summed E-state index contributed by atoms with van der Waals surface area (Å²) in [5.74, 6) is 1.30. The Morgan fingerprint density at radius 1 is 0.667 bits per heavy atom. The van der Waals surface area contributed by atoms with Crippen molar-refractivity contribution in [3.63, 3.8) is 0 Å². The molecular formula is C22H20N2. The molecule has 0 saturated carbocycles. The van der Waals surface area contributed by atoms with E-state index in [-0.39, 0.29) is 0 Å². The number of hydrogen-bond donors (Lipinski definition) is 0. The van der Waals surface area contributed by atoms with E-state index in [1.54, 1.807) is 22.5 Å². The van der Waals surface area contributed by atoms with E-state index in [0.29, 0.717) is 11.8 Å². The van der Waals surface area contributed by atoms with Gasteiger partial charge in [-0.2, -0.15) is 0 Å². The molecule has 2 nitrogen and oxygen atoms in total. The van der Waals surface area contributed by atoms with E-state index in [4.69, 9.17) is 0 Å². The van der Waals surface area contributed by atoms with Gasteiger partial charge in [0.1, 0.15) is 0 Å². The van der Waals surface area contributed by atoms with Gasteiger partial charge in [-0.25, -0.2) is 0 Å². The number of fused-ring (bicyclic) bond motifs is 9. The first kappa shape index (κ1) is 12.9. The van der Waals surface area contributed by atoms with Crippen LogP contribution < -0.4 is 0 Å². The van der Waals surface area contributed by atoms with Crippen molar-refractivity contribution in [3.05, 3.63) is 71.0 Å². The molecule has 0 amide bonds. The van der Waals surface area contributed by atoms with Gasteiger partial charge in [0.15, 0.2) is 0 Å². The van der Waals surface area contributed by atoms with E-state index in [1.165, 1.54) is 34.6 Å². The highest BCUT2D eigenvalue weighted by Crippen LogP contribution is 2.55. The molecule has 2 aromatic heterocycles. The molecule has 2 heterocycles. The minimum atomic E-state index is 0.651. The number of benzene rings is 2. The van der Waals surface area contributed by atoms with Crippen molar-refractivity contribution in [1.82, 2.24) is 9.13 Å².